The van der Waals surface area contributed by atoms with Gasteiger partial charge >= 0.3 is 5.97 Å². The van der Waals surface area contributed by atoms with Crippen molar-refractivity contribution in [3.8, 4) is 0 Å². The van der Waals surface area contributed by atoms with Crippen LogP contribution in [0.25, 0.3) is 0 Å². The molecule has 0 aromatic heterocycles. The minimum absolute atomic E-state index is 0. The lowest BCUT2D eigenvalue weighted by Crippen LogP contribution is -2.28. The zero-order valence-electron chi connectivity index (χ0n) is 7.13. The van der Waals surface area contributed by atoms with Crippen LogP contribution in [0.1, 0.15) is 0 Å². The smallest absolute Gasteiger partial charge is 0.310 e. The number of methoxy groups -OCH3 is 1. The number of esters is 1. The summed E-state index contributed by atoms with van der Waals surface area (Å²) >= 11 is 0. The molecule has 0 saturated carbocycles. The number of carbonyl (C=O) groups excluding carboxylic acids is 1. The molecule has 0 spiro atoms. The molecule has 0 aromatic carbocycles. The third kappa shape index (κ3) is 2.77. The predicted molar refractivity (Wildman–Crippen MR) is 45.1 cm³/mol. The zero-order valence-corrected chi connectivity index (χ0v) is 7.94. The van der Waals surface area contributed by atoms with Gasteiger partial charge in [-0.25, -0.2) is 8.78 Å². The van der Waals surface area contributed by atoms with Gasteiger partial charge in [-0.1, -0.05) is 0 Å². The summed E-state index contributed by atoms with van der Waals surface area (Å²) in [5, 5.41) is 2.74. The largest absolute Gasteiger partial charge is 0.469 e. The number of halogens is 3. The second-order valence-electron chi connectivity index (χ2n) is 2.79. The fraction of sp³-hybridized carbons (Fsp3) is 0.857. The summed E-state index contributed by atoms with van der Waals surface area (Å²) in [5.41, 5.74) is 0. The zero-order chi connectivity index (χ0) is 9.14. The van der Waals surface area contributed by atoms with Gasteiger partial charge in [0.2, 0.25) is 6.43 Å². The highest BCUT2D eigenvalue weighted by Gasteiger charge is 2.39. The highest BCUT2D eigenvalue weighted by Crippen LogP contribution is 2.24. The van der Waals surface area contributed by atoms with Gasteiger partial charge in [-0.3, -0.25) is 4.79 Å². The molecule has 0 aromatic rings. The second kappa shape index (κ2) is 5.34. The second-order valence-corrected chi connectivity index (χ2v) is 2.79. The molecule has 1 aliphatic rings. The molecule has 3 nitrogen and oxygen atoms in total. The Bertz CT molecular complexity index is 180. The van der Waals surface area contributed by atoms with E-state index in [2.05, 4.69) is 10.1 Å². The molecule has 78 valence electrons. The molecule has 0 aliphatic carbocycles. The first-order valence-corrected chi connectivity index (χ1v) is 3.73. The molecule has 1 rings (SSSR count). The number of rotatable bonds is 2. The first-order chi connectivity index (χ1) is 5.66. The average Bonchev–Trinajstić information content (AvgIpc) is 2.50. The Kier molecular flexibility index (Phi) is 5.17. The average molecular weight is 216 g/mol. The fourth-order valence-electron chi connectivity index (χ4n) is 1.37. The molecular formula is C7H12ClF2NO2. The molecular weight excluding hydrogens is 204 g/mol. The predicted octanol–water partition coefficient (Wildman–Crippen LogP) is 0.682. The number of nitrogens with one attached hydrogen (secondary N) is 1. The highest BCUT2D eigenvalue weighted by molar-refractivity contribution is 5.85. The third-order valence-electron chi connectivity index (χ3n) is 2.09. The van der Waals surface area contributed by atoms with Gasteiger partial charge in [0, 0.05) is 19.0 Å². The first-order valence-electron chi connectivity index (χ1n) is 3.73. The van der Waals surface area contributed by atoms with Crippen LogP contribution in [-0.4, -0.2) is 32.6 Å². The molecule has 0 amide bonds. The van der Waals surface area contributed by atoms with Crippen molar-refractivity contribution in [3.63, 3.8) is 0 Å². The van der Waals surface area contributed by atoms with Crippen LogP contribution in [0, 0.1) is 11.8 Å². The fourth-order valence-corrected chi connectivity index (χ4v) is 1.37. The normalized spacial score (nSPS) is 27.1. The van der Waals surface area contributed by atoms with Crippen LogP contribution in [0.5, 0.6) is 0 Å². The summed E-state index contributed by atoms with van der Waals surface area (Å²) < 4.78 is 28.9. The van der Waals surface area contributed by atoms with Gasteiger partial charge in [0.1, 0.15) is 0 Å². The van der Waals surface area contributed by atoms with Gasteiger partial charge in [0.05, 0.1) is 13.0 Å². The van der Waals surface area contributed by atoms with Crippen molar-refractivity contribution >= 4 is 18.4 Å². The van der Waals surface area contributed by atoms with Crippen LogP contribution < -0.4 is 5.32 Å². The van der Waals surface area contributed by atoms with E-state index in [1.165, 1.54) is 7.11 Å². The van der Waals surface area contributed by atoms with Crippen molar-refractivity contribution in [1.29, 1.82) is 0 Å². The van der Waals surface area contributed by atoms with Crippen molar-refractivity contribution in [1.82, 2.24) is 5.32 Å². The SMILES string of the molecule is COC(=O)[C@H]1CNC[C@@H]1C(F)F.Cl. The van der Waals surface area contributed by atoms with Gasteiger partial charge < -0.3 is 10.1 Å². The summed E-state index contributed by atoms with van der Waals surface area (Å²) in [6.45, 7) is 0.485. The Morgan fingerprint density at radius 3 is 2.62 bits per heavy atom. The van der Waals surface area contributed by atoms with E-state index in [1.807, 2.05) is 0 Å². The van der Waals surface area contributed by atoms with Gasteiger partial charge in [0.15, 0.2) is 0 Å². The monoisotopic (exact) mass is 215 g/mol. The number of alkyl halides is 2. The lowest BCUT2D eigenvalue weighted by Gasteiger charge is -2.14. The van der Waals surface area contributed by atoms with Crippen molar-refractivity contribution in [2.24, 2.45) is 11.8 Å². The van der Waals surface area contributed by atoms with Gasteiger partial charge in [0.25, 0.3) is 0 Å². The summed E-state index contributed by atoms with van der Waals surface area (Å²) in [6, 6.07) is 0. The number of hydrogen-bond donors (Lipinski definition) is 1. The minimum atomic E-state index is -2.45. The Morgan fingerprint density at radius 2 is 2.15 bits per heavy atom. The number of ether oxygens (including phenoxy) is 1. The Labute approximate surface area is 81.2 Å². The van der Waals surface area contributed by atoms with Crippen molar-refractivity contribution in [2.45, 2.75) is 6.43 Å². The molecule has 0 radical (unpaired) electrons. The van der Waals surface area contributed by atoms with Gasteiger partial charge in [-0.05, 0) is 0 Å². The van der Waals surface area contributed by atoms with Crippen LogP contribution in [0.15, 0.2) is 0 Å². The molecule has 2 atom stereocenters. The number of carbonyl (C=O) groups is 1. The lowest BCUT2D eigenvalue weighted by atomic mass is 9.97. The summed E-state index contributed by atoms with van der Waals surface area (Å²) in [5.74, 6) is -2.13. The molecule has 6 heteroatoms. The van der Waals surface area contributed by atoms with E-state index < -0.39 is 24.2 Å². The molecule has 1 fully saturated rings. The van der Waals surface area contributed by atoms with Crippen LogP contribution >= 0.6 is 12.4 Å². The molecule has 0 unspecified atom stereocenters. The van der Waals surface area contributed by atoms with Gasteiger partial charge in [-0.2, -0.15) is 0 Å². The topological polar surface area (TPSA) is 38.3 Å². The van der Waals surface area contributed by atoms with E-state index in [4.69, 9.17) is 0 Å². The lowest BCUT2D eigenvalue weighted by molar-refractivity contribution is -0.148. The molecule has 1 heterocycles. The molecule has 0 bridgehead atoms. The van der Waals surface area contributed by atoms with E-state index in [0.29, 0.717) is 6.54 Å². The minimum Gasteiger partial charge on any atom is -0.469 e. The summed E-state index contributed by atoms with van der Waals surface area (Å²) in [6.07, 6.45) is -2.45. The van der Waals surface area contributed by atoms with Gasteiger partial charge in [-0.15, -0.1) is 12.4 Å². The third-order valence-corrected chi connectivity index (χ3v) is 2.09. The van der Waals surface area contributed by atoms with E-state index >= 15 is 0 Å². The van der Waals surface area contributed by atoms with E-state index in [0.717, 1.165) is 0 Å². The Morgan fingerprint density at radius 1 is 1.54 bits per heavy atom. The Balaban J connectivity index is 0.00000144. The number of hydrogen-bond acceptors (Lipinski definition) is 3. The molecule has 1 saturated heterocycles. The summed E-state index contributed by atoms with van der Waals surface area (Å²) in [4.78, 5) is 10.9. The molecule has 1 aliphatic heterocycles. The first kappa shape index (κ1) is 12.6. The van der Waals surface area contributed by atoms with Crippen LogP contribution in [0.2, 0.25) is 0 Å². The molecule has 13 heavy (non-hydrogen) atoms. The van der Waals surface area contributed by atoms with Crippen LogP contribution in [0.3, 0.4) is 0 Å². The maximum absolute atomic E-state index is 12.2. The maximum Gasteiger partial charge on any atom is 0.310 e. The molecule has 1 N–H and O–H groups in total. The van der Waals surface area contributed by atoms with E-state index in [1.54, 1.807) is 0 Å². The van der Waals surface area contributed by atoms with Crippen molar-refractivity contribution in [2.75, 3.05) is 20.2 Å². The van der Waals surface area contributed by atoms with Crippen LogP contribution in [-0.2, 0) is 9.53 Å². The Hall–Kier alpha value is -0.420. The van der Waals surface area contributed by atoms with E-state index in [9.17, 15) is 13.6 Å². The standard InChI is InChI=1S/C7H11F2NO2.ClH/c1-12-7(11)5-3-10-2-4(5)6(8)9;/h4-6,10H,2-3H2,1H3;1H/t4-,5-;/m0./s1. The quantitative estimate of drug-likeness (QED) is 0.689. The van der Waals surface area contributed by atoms with Crippen molar-refractivity contribution < 1.29 is 18.3 Å². The maximum atomic E-state index is 12.2. The summed E-state index contributed by atoms with van der Waals surface area (Å²) in [7, 11) is 1.21. The highest BCUT2D eigenvalue weighted by atomic mass is 35.5. The van der Waals surface area contributed by atoms with E-state index in [-0.39, 0.29) is 19.0 Å². The van der Waals surface area contributed by atoms with Crippen molar-refractivity contribution in [3.05, 3.63) is 0 Å². The van der Waals surface area contributed by atoms with Crippen LogP contribution in [0.4, 0.5) is 8.78 Å².